The summed E-state index contributed by atoms with van der Waals surface area (Å²) in [6.45, 7) is 13.0. The van der Waals surface area contributed by atoms with Gasteiger partial charge in [0.2, 0.25) is 5.91 Å². The van der Waals surface area contributed by atoms with E-state index in [1.54, 1.807) is 6.33 Å². The summed E-state index contributed by atoms with van der Waals surface area (Å²) in [4.78, 5) is 14.8. The van der Waals surface area contributed by atoms with Crippen molar-refractivity contribution in [3.05, 3.63) is 36.2 Å². The first-order valence-electron chi connectivity index (χ1n) is 10.7. The largest absolute Gasteiger partial charge is 0.374 e. The summed E-state index contributed by atoms with van der Waals surface area (Å²) in [5.74, 6) is 1.40. The van der Waals surface area contributed by atoms with Gasteiger partial charge in [-0.25, -0.2) is 0 Å². The lowest BCUT2D eigenvalue weighted by Crippen LogP contribution is -2.48. The molecule has 7 nitrogen and oxygen atoms in total. The van der Waals surface area contributed by atoms with E-state index < -0.39 is 0 Å². The van der Waals surface area contributed by atoms with E-state index in [0.717, 1.165) is 31.9 Å². The first-order valence-corrected chi connectivity index (χ1v) is 11.6. The Labute approximate surface area is 183 Å². The SMILES string of the molecule is CC(C)CN1CCOC(CNC(=O)CSc2nncn2-c2ccc(C(C)C)cc2)C1. The van der Waals surface area contributed by atoms with Gasteiger partial charge in [-0.1, -0.05) is 51.6 Å². The quantitative estimate of drug-likeness (QED) is 0.616. The van der Waals surface area contributed by atoms with E-state index in [-0.39, 0.29) is 12.0 Å². The summed E-state index contributed by atoms with van der Waals surface area (Å²) in [6, 6.07) is 8.36. The van der Waals surface area contributed by atoms with Gasteiger partial charge in [0, 0.05) is 31.9 Å². The number of ether oxygens (including phenoxy) is 1. The van der Waals surface area contributed by atoms with Crippen LogP contribution in [0.25, 0.3) is 5.69 Å². The lowest BCUT2D eigenvalue weighted by molar-refractivity contribution is -0.119. The molecule has 1 aliphatic rings. The Bertz CT molecular complexity index is 806. The molecule has 1 aromatic carbocycles. The van der Waals surface area contributed by atoms with Crippen molar-refractivity contribution in [3.8, 4) is 5.69 Å². The molecule has 0 saturated carbocycles. The lowest BCUT2D eigenvalue weighted by Gasteiger charge is -2.33. The Morgan fingerprint density at radius 3 is 2.73 bits per heavy atom. The number of carbonyl (C=O) groups is 1. The molecule has 0 radical (unpaired) electrons. The molecule has 1 N–H and O–H groups in total. The van der Waals surface area contributed by atoms with Crippen LogP contribution in [0.2, 0.25) is 0 Å². The number of nitrogens with one attached hydrogen (secondary N) is 1. The maximum Gasteiger partial charge on any atom is 0.230 e. The number of rotatable bonds is 9. The first kappa shape index (κ1) is 22.8. The average Bonchev–Trinajstić information content (AvgIpc) is 3.19. The minimum atomic E-state index is -0.0192. The zero-order valence-corrected chi connectivity index (χ0v) is 19.2. The third-order valence-corrected chi connectivity index (χ3v) is 6.00. The van der Waals surface area contributed by atoms with Crippen molar-refractivity contribution in [2.45, 2.75) is 44.9 Å². The molecule has 1 fully saturated rings. The average molecular weight is 432 g/mol. The predicted molar refractivity (Wildman–Crippen MR) is 120 cm³/mol. The maximum absolute atomic E-state index is 12.3. The zero-order chi connectivity index (χ0) is 21.5. The molecule has 30 heavy (non-hydrogen) atoms. The van der Waals surface area contributed by atoms with E-state index in [9.17, 15) is 4.79 Å². The summed E-state index contributed by atoms with van der Waals surface area (Å²) in [5.41, 5.74) is 2.28. The number of carbonyl (C=O) groups excluding carboxylic acids is 1. The second kappa shape index (κ2) is 10.9. The summed E-state index contributed by atoms with van der Waals surface area (Å²) in [7, 11) is 0. The molecule has 1 aliphatic heterocycles. The van der Waals surface area contributed by atoms with Gasteiger partial charge in [-0.05, 0) is 29.5 Å². The number of nitrogens with zero attached hydrogens (tertiary/aromatic N) is 4. The van der Waals surface area contributed by atoms with Crippen molar-refractivity contribution < 1.29 is 9.53 Å². The molecule has 0 aliphatic carbocycles. The standard InChI is InChI=1S/C22H33N5O2S/c1-16(2)12-26-9-10-29-20(13-26)11-23-21(28)14-30-22-25-24-15-27(22)19-7-5-18(6-8-19)17(3)4/h5-8,15-17,20H,9-14H2,1-4H3,(H,23,28). The van der Waals surface area contributed by atoms with Crippen molar-refractivity contribution in [1.82, 2.24) is 25.0 Å². The number of hydrogen-bond donors (Lipinski definition) is 1. The number of hydrogen-bond acceptors (Lipinski definition) is 6. The second-order valence-electron chi connectivity index (χ2n) is 8.47. The van der Waals surface area contributed by atoms with Crippen molar-refractivity contribution in [2.75, 3.05) is 38.5 Å². The minimum absolute atomic E-state index is 0.0192. The summed E-state index contributed by atoms with van der Waals surface area (Å²) in [6.07, 6.45) is 1.73. The molecule has 0 spiro atoms. The molecule has 1 aromatic heterocycles. The predicted octanol–water partition coefficient (Wildman–Crippen LogP) is 2.96. The van der Waals surface area contributed by atoms with Crippen LogP contribution in [0.15, 0.2) is 35.7 Å². The molecule has 8 heteroatoms. The van der Waals surface area contributed by atoms with Crippen LogP contribution in [-0.2, 0) is 9.53 Å². The summed E-state index contributed by atoms with van der Waals surface area (Å²) in [5, 5.41) is 11.9. The van der Waals surface area contributed by atoms with Gasteiger partial charge in [-0.3, -0.25) is 14.3 Å². The smallest absolute Gasteiger partial charge is 0.230 e. The normalized spacial score (nSPS) is 17.6. The molecule has 1 amide bonds. The second-order valence-corrected chi connectivity index (χ2v) is 9.41. The molecule has 1 unspecified atom stereocenters. The fourth-order valence-electron chi connectivity index (χ4n) is 3.51. The van der Waals surface area contributed by atoms with E-state index in [1.807, 2.05) is 4.57 Å². The molecular formula is C22H33N5O2S. The van der Waals surface area contributed by atoms with Gasteiger partial charge < -0.3 is 10.1 Å². The van der Waals surface area contributed by atoms with Gasteiger partial charge in [0.25, 0.3) is 0 Å². The number of aromatic nitrogens is 3. The Hall–Kier alpha value is -1.90. The van der Waals surface area contributed by atoms with Crippen molar-refractivity contribution in [2.24, 2.45) is 5.92 Å². The Kier molecular flexibility index (Phi) is 8.30. The number of benzene rings is 1. The number of morpholine rings is 1. The number of thioether (sulfide) groups is 1. The third kappa shape index (κ3) is 6.55. The monoisotopic (exact) mass is 431 g/mol. The number of amides is 1. The highest BCUT2D eigenvalue weighted by molar-refractivity contribution is 7.99. The Balaban J connectivity index is 1.47. The molecule has 2 heterocycles. The Morgan fingerprint density at radius 1 is 1.27 bits per heavy atom. The molecule has 3 rings (SSSR count). The van der Waals surface area contributed by atoms with Crippen molar-refractivity contribution in [1.29, 1.82) is 0 Å². The topological polar surface area (TPSA) is 72.3 Å². The summed E-state index contributed by atoms with van der Waals surface area (Å²) < 4.78 is 7.72. The highest BCUT2D eigenvalue weighted by Crippen LogP contribution is 2.21. The molecule has 1 atom stereocenters. The van der Waals surface area contributed by atoms with E-state index in [0.29, 0.717) is 29.3 Å². The van der Waals surface area contributed by atoms with E-state index >= 15 is 0 Å². The molecule has 164 valence electrons. The van der Waals surface area contributed by atoms with Crippen LogP contribution in [0, 0.1) is 5.92 Å². The first-order chi connectivity index (χ1) is 14.4. The fourth-order valence-corrected chi connectivity index (χ4v) is 4.27. The van der Waals surface area contributed by atoms with E-state index in [1.165, 1.54) is 17.3 Å². The van der Waals surface area contributed by atoms with Gasteiger partial charge >= 0.3 is 0 Å². The van der Waals surface area contributed by atoms with Crippen molar-refractivity contribution in [3.63, 3.8) is 0 Å². The third-order valence-electron chi connectivity index (χ3n) is 5.06. The Morgan fingerprint density at radius 2 is 2.03 bits per heavy atom. The van der Waals surface area contributed by atoms with E-state index in [2.05, 4.69) is 72.4 Å². The van der Waals surface area contributed by atoms with Crippen LogP contribution in [-0.4, -0.2) is 70.2 Å². The van der Waals surface area contributed by atoms with Crippen LogP contribution in [0.1, 0.15) is 39.2 Å². The molecule has 0 bridgehead atoms. The maximum atomic E-state index is 12.3. The highest BCUT2D eigenvalue weighted by Gasteiger charge is 2.21. The zero-order valence-electron chi connectivity index (χ0n) is 18.4. The van der Waals surface area contributed by atoms with Crippen LogP contribution < -0.4 is 5.32 Å². The van der Waals surface area contributed by atoms with Gasteiger partial charge in [-0.2, -0.15) is 0 Å². The molecule has 1 saturated heterocycles. The molecule has 2 aromatic rings. The van der Waals surface area contributed by atoms with Gasteiger partial charge in [0.05, 0.1) is 18.5 Å². The van der Waals surface area contributed by atoms with Gasteiger partial charge in [0.15, 0.2) is 5.16 Å². The van der Waals surface area contributed by atoms with Gasteiger partial charge in [0.1, 0.15) is 6.33 Å². The van der Waals surface area contributed by atoms with E-state index in [4.69, 9.17) is 4.74 Å². The van der Waals surface area contributed by atoms with Crippen LogP contribution in [0.5, 0.6) is 0 Å². The fraction of sp³-hybridized carbons (Fsp3) is 0.591. The van der Waals surface area contributed by atoms with Gasteiger partial charge in [-0.15, -0.1) is 10.2 Å². The van der Waals surface area contributed by atoms with Crippen LogP contribution in [0.4, 0.5) is 0 Å². The van der Waals surface area contributed by atoms with Crippen molar-refractivity contribution >= 4 is 17.7 Å². The van der Waals surface area contributed by atoms with Crippen LogP contribution >= 0.6 is 11.8 Å². The minimum Gasteiger partial charge on any atom is -0.374 e. The van der Waals surface area contributed by atoms with Crippen LogP contribution in [0.3, 0.4) is 0 Å². The molecular weight excluding hydrogens is 398 g/mol. The summed E-state index contributed by atoms with van der Waals surface area (Å²) >= 11 is 1.39. The lowest BCUT2D eigenvalue weighted by atomic mass is 10.0. The highest BCUT2D eigenvalue weighted by atomic mass is 32.2.